The molecule has 110 valence electrons. The zero-order valence-corrected chi connectivity index (χ0v) is 12.7. The molecule has 2 aliphatic rings. The molecule has 4 nitrogen and oxygen atoms in total. The molecule has 2 fully saturated rings. The molecule has 0 spiro atoms. The fraction of sp³-hybridized carbons (Fsp3) is 0.733. The van der Waals surface area contributed by atoms with E-state index in [9.17, 15) is 0 Å². The monoisotopic (exact) mass is 294 g/mol. The predicted octanol–water partition coefficient (Wildman–Crippen LogP) is 2.58. The molecule has 0 saturated carbocycles. The number of aromatic nitrogens is 2. The van der Waals surface area contributed by atoms with E-state index in [0.29, 0.717) is 5.15 Å². The standard InChI is InChI=1S/C15H23ClN4/c16-15-5-4-13(17-18-15)12-19-10-6-14(7-11-19)20-8-2-1-3-9-20/h4-5,14H,1-3,6-12H2. The third-order valence-electron chi connectivity index (χ3n) is 4.54. The van der Waals surface area contributed by atoms with Crippen molar-refractivity contribution in [3.8, 4) is 0 Å². The first-order chi connectivity index (χ1) is 9.81. The Morgan fingerprint density at radius 3 is 2.40 bits per heavy atom. The largest absolute Gasteiger partial charge is 0.300 e. The molecule has 2 aliphatic heterocycles. The Bertz CT molecular complexity index is 408. The number of hydrogen-bond donors (Lipinski definition) is 0. The maximum Gasteiger partial charge on any atom is 0.151 e. The van der Waals surface area contributed by atoms with Crippen LogP contribution in [0.25, 0.3) is 0 Å². The average Bonchev–Trinajstić information content (AvgIpc) is 2.51. The number of piperidine rings is 2. The molecule has 1 aromatic rings. The summed E-state index contributed by atoms with van der Waals surface area (Å²) in [7, 11) is 0. The summed E-state index contributed by atoms with van der Waals surface area (Å²) in [5, 5.41) is 8.53. The van der Waals surface area contributed by atoms with E-state index in [1.807, 2.05) is 12.1 Å². The lowest BCUT2D eigenvalue weighted by molar-refractivity contribution is 0.0890. The van der Waals surface area contributed by atoms with Crippen LogP contribution in [0.1, 0.15) is 37.8 Å². The lowest BCUT2D eigenvalue weighted by Crippen LogP contribution is -2.46. The van der Waals surface area contributed by atoms with Crippen molar-refractivity contribution < 1.29 is 0 Å². The van der Waals surface area contributed by atoms with Gasteiger partial charge in [0.05, 0.1) is 5.69 Å². The van der Waals surface area contributed by atoms with Gasteiger partial charge in [-0.3, -0.25) is 4.90 Å². The van der Waals surface area contributed by atoms with Crippen LogP contribution in [-0.2, 0) is 6.54 Å². The maximum absolute atomic E-state index is 5.77. The fourth-order valence-electron chi connectivity index (χ4n) is 3.38. The van der Waals surface area contributed by atoms with Crippen molar-refractivity contribution >= 4 is 11.6 Å². The first kappa shape index (κ1) is 14.2. The minimum absolute atomic E-state index is 0.470. The maximum atomic E-state index is 5.77. The summed E-state index contributed by atoms with van der Waals surface area (Å²) in [5.41, 5.74) is 1.02. The number of likely N-dealkylation sites (tertiary alicyclic amines) is 2. The van der Waals surface area contributed by atoms with Crippen LogP contribution in [0.3, 0.4) is 0 Å². The summed E-state index contributed by atoms with van der Waals surface area (Å²) in [6.07, 6.45) is 6.79. The van der Waals surface area contributed by atoms with Crippen molar-refractivity contribution in [2.45, 2.75) is 44.7 Å². The Kier molecular flexibility index (Phi) is 4.86. The van der Waals surface area contributed by atoms with Crippen LogP contribution < -0.4 is 0 Å². The Hall–Kier alpha value is -0.710. The zero-order chi connectivity index (χ0) is 13.8. The first-order valence-electron chi connectivity index (χ1n) is 7.76. The molecule has 5 heteroatoms. The molecule has 0 amide bonds. The molecule has 0 bridgehead atoms. The van der Waals surface area contributed by atoms with Crippen molar-refractivity contribution in [2.24, 2.45) is 0 Å². The first-order valence-corrected chi connectivity index (χ1v) is 8.13. The van der Waals surface area contributed by atoms with Gasteiger partial charge in [-0.1, -0.05) is 18.0 Å². The molecule has 0 atom stereocenters. The molecule has 1 aromatic heterocycles. The lowest BCUT2D eigenvalue weighted by atomic mass is 10.00. The molecule has 0 unspecified atom stereocenters. The van der Waals surface area contributed by atoms with E-state index in [0.717, 1.165) is 18.3 Å². The van der Waals surface area contributed by atoms with Crippen molar-refractivity contribution in [1.82, 2.24) is 20.0 Å². The number of nitrogens with zero attached hydrogens (tertiary/aromatic N) is 4. The topological polar surface area (TPSA) is 32.3 Å². The van der Waals surface area contributed by atoms with Crippen molar-refractivity contribution in [3.05, 3.63) is 23.0 Å². The minimum Gasteiger partial charge on any atom is -0.300 e. The van der Waals surface area contributed by atoms with Crippen LogP contribution in [-0.4, -0.2) is 52.2 Å². The van der Waals surface area contributed by atoms with E-state index in [-0.39, 0.29) is 0 Å². The third-order valence-corrected chi connectivity index (χ3v) is 4.74. The van der Waals surface area contributed by atoms with E-state index in [1.165, 1.54) is 58.3 Å². The van der Waals surface area contributed by atoms with Crippen LogP contribution >= 0.6 is 11.6 Å². The molecule has 0 radical (unpaired) electrons. The quantitative estimate of drug-likeness (QED) is 0.858. The molecule has 2 saturated heterocycles. The van der Waals surface area contributed by atoms with Gasteiger partial charge in [-0.25, -0.2) is 0 Å². The molecular formula is C15H23ClN4. The van der Waals surface area contributed by atoms with Gasteiger partial charge in [0.15, 0.2) is 5.15 Å². The van der Waals surface area contributed by atoms with Gasteiger partial charge >= 0.3 is 0 Å². The van der Waals surface area contributed by atoms with E-state index >= 15 is 0 Å². The van der Waals surface area contributed by atoms with E-state index in [1.54, 1.807) is 0 Å². The van der Waals surface area contributed by atoms with Crippen LogP contribution in [0.5, 0.6) is 0 Å². The summed E-state index contributed by atoms with van der Waals surface area (Å²) < 4.78 is 0. The Labute approximate surface area is 126 Å². The second-order valence-electron chi connectivity index (χ2n) is 5.95. The van der Waals surface area contributed by atoms with Gasteiger partial charge in [-0.2, -0.15) is 5.10 Å². The molecule has 0 N–H and O–H groups in total. The third kappa shape index (κ3) is 3.68. The number of rotatable bonds is 3. The molecule has 0 aliphatic carbocycles. The fourth-order valence-corrected chi connectivity index (χ4v) is 3.48. The van der Waals surface area contributed by atoms with E-state index < -0.39 is 0 Å². The molecular weight excluding hydrogens is 272 g/mol. The summed E-state index contributed by atoms with van der Waals surface area (Å²) in [6, 6.07) is 4.61. The zero-order valence-electron chi connectivity index (χ0n) is 12.0. The highest BCUT2D eigenvalue weighted by molar-refractivity contribution is 6.29. The lowest BCUT2D eigenvalue weighted by Gasteiger charge is -2.40. The number of halogens is 1. The van der Waals surface area contributed by atoms with Gasteiger partial charge in [-0.15, -0.1) is 5.10 Å². The second kappa shape index (κ2) is 6.83. The Balaban J connectivity index is 1.47. The normalized spacial score (nSPS) is 23.1. The van der Waals surface area contributed by atoms with Crippen LogP contribution in [0.2, 0.25) is 5.15 Å². The van der Waals surface area contributed by atoms with Crippen LogP contribution in [0.15, 0.2) is 12.1 Å². The Morgan fingerprint density at radius 2 is 1.75 bits per heavy atom. The highest BCUT2D eigenvalue weighted by Gasteiger charge is 2.25. The smallest absolute Gasteiger partial charge is 0.151 e. The minimum atomic E-state index is 0.470. The Morgan fingerprint density at radius 1 is 1.00 bits per heavy atom. The van der Waals surface area contributed by atoms with Crippen molar-refractivity contribution in [3.63, 3.8) is 0 Å². The highest BCUT2D eigenvalue weighted by atomic mass is 35.5. The highest BCUT2D eigenvalue weighted by Crippen LogP contribution is 2.21. The summed E-state index contributed by atoms with van der Waals surface area (Å²) in [6.45, 7) is 5.87. The van der Waals surface area contributed by atoms with Gasteiger partial charge in [0.25, 0.3) is 0 Å². The number of hydrogen-bond acceptors (Lipinski definition) is 4. The molecule has 0 aromatic carbocycles. The predicted molar refractivity (Wildman–Crippen MR) is 80.8 cm³/mol. The molecule has 20 heavy (non-hydrogen) atoms. The van der Waals surface area contributed by atoms with Gasteiger partial charge in [0.2, 0.25) is 0 Å². The van der Waals surface area contributed by atoms with Crippen LogP contribution in [0.4, 0.5) is 0 Å². The molecule has 3 rings (SSSR count). The SMILES string of the molecule is Clc1ccc(CN2CCC(N3CCCCC3)CC2)nn1. The van der Waals surface area contributed by atoms with E-state index in [2.05, 4.69) is 20.0 Å². The van der Waals surface area contributed by atoms with Gasteiger partial charge in [0, 0.05) is 25.7 Å². The van der Waals surface area contributed by atoms with Gasteiger partial charge < -0.3 is 4.90 Å². The van der Waals surface area contributed by atoms with Crippen molar-refractivity contribution in [1.29, 1.82) is 0 Å². The van der Waals surface area contributed by atoms with Crippen LogP contribution in [0, 0.1) is 0 Å². The summed E-state index contributed by atoms with van der Waals surface area (Å²) in [5.74, 6) is 0. The molecule has 3 heterocycles. The second-order valence-corrected chi connectivity index (χ2v) is 6.34. The van der Waals surface area contributed by atoms with E-state index in [4.69, 9.17) is 11.6 Å². The average molecular weight is 295 g/mol. The van der Waals surface area contributed by atoms with Gasteiger partial charge in [0.1, 0.15) is 0 Å². The van der Waals surface area contributed by atoms with Crippen molar-refractivity contribution in [2.75, 3.05) is 26.2 Å². The summed E-state index contributed by atoms with van der Waals surface area (Å²) in [4.78, 5) is 5.20. The summed E-state index contributed by atoms with van der Waals surface area (Å²) >= 11 is 5.77. The van der Waals surface area contributed by atoms with Gasteiger partial charge in [-0.05, 0) is 50.9 Å².